The maximum atomic E-state index is 12.2. The molecule has 0 unspecified atom stereocenters. The van der Waals surface area contributed by atoms with Crippen molar-refractivity contribution in [2.75, 3.05) is 5.32 Å². The maximum absolute atomic E-state index is 12.2. The first-order valence-electron chi connectivity index (χ1n) is 9.90. The quantitative estimate of drug-likeness (QED) is 0.231. The van der Waals surface area contributed by atoms with E-state index in [1.54, 1.807) is 12.3 Å². The summed E-state index contributed by atoms with van der Waals surface area (Å²) in [7, 11) is 0. The van der Waals surface area contributed by atoms with Gasteiger partial charge in [-0.25, -0.2) is 0 Å². The van der Waals surface area contributed by atoms with Crippen LogP contribution in [0.15, 0.2) is 95.0 Å². The lowest BCUT2D eigenvalue weighted by molar-refractivity contribution is -0.274. The van der Waals surface area contributed by atoms with E-state index < -0.39 is 6.36 Å². The Morgan fingerprint density at radius 3 is 2.26 bits per heavy atom. The second-order valence-corrected chi connectivity index (χ2v) is 7.16. The predicted molar refractivity (Wildman–Crippen MR) is 133 cm³/mol. The molecular formula is C24H20F3N5OS. The Kier molecular flexibility index (Phi) is 8.36. The molecule has 174 valence electrons. The molecule has 10 heteroatoms. The summed E-state index contributed by atoms with van der Waals surface area (Å²) in [5.41, 5.74) is 12.2. The Bertz CT molecular complexity index is 1180. The zero-order valence-electron chi connectivity index (χ0n) is 17.7. The largest absolute Gasteiger partial charge is 0.573 e. The van der Waals surface area contributed by atoms with Gasteiger partial charge < -0.3 is 15.8 Å². The number of nitrogens with one attached hydrogen (secondary N) is 2. The van der Waals surface area contributed by atoms with Crippen LogP contribution in [0.4, 0.5) is 24.5 Å². The van der Waals surface area contributed by atoms with Crippen LogP contribution < -0.4 is 21.2 Å². The molecule has 6 nitrogen and oxygen atoms in total. The number of ether oxygens (including phenoxy) is 1. The topological polar surface area (TPSA) is 84.0 Å². The molecule has 3 aromatic carbocycles. The van der Waals surface area contributed by atoms with Gasteiger partial charge in [0.15, 0.2) is 5.11 Å². The van der Waals surface area contributed by atoms with E-state index in [1.807, 2.05) is 54.6 Å². The third-order valence-corrected chi connectivity index (χ3v) is 4.40. The molecule has 0 heterocycles. The lowest BCUT2D eigenvalue weighted by Gasteiger charge is -2.08. The highest BCUT2D eigenvalue weighted by atomic mass is 32.1. The van der Waals surface area contributed by atoms with Crippen molar-refractivity contribution in [1.82, 2.24) is 5.43 Å². The van der Waals surface area contributed by atoms with Crippen LogP contribution in [0.5, 0.6) is 5.75 Å². The SMILES string of the molecule is NC(=CC=Nc1ccc(OC(F)(F)F)cc1)c1ccc(/C=N/NC(=S)Nc2ccccc2)cc1. The average Bonchev–Trinajstić information content (AvgIpc) is 2.80. The molecular weight excluding hydrogens is 463 g/mol. The number of hydrazone groups is 1. The molecule has 0 aliphatic rings. The van der Waals surface area contributed by atoms with Crippen LogP contribution in [0.3, 0.4) is 0 Å². The van der Waals surface area contributed by atoms with Gasteiger partial charge >= 0.3 is 6.36 Å². The normalized spacial score (nSPS) is 12.1. The Balaban J connectivity index is 1.51. The maximum Gasteiger partial charge on any atom is 0.573 e. The lowest BCUT2D eigenvalue weighted by Crippen LogP contribution is -2.23. The van der Waals surface area contributed by atoms with Gasteiger partial charge in [0.1, 0.15) is 5.75 Å². The first kappa shape index (κ1) is 24.5. The van der Waals surface area contributed by atoms with Crippen LogP contribution in [0, 0.1) is 0 Å². The number of anilines is 1. The van der Waals surface area contributed by atoms with E-state index in [9.17, 15) is 13.2 Å². The molecule has 0 amide bonds. The van der Waals surface area contributed by atoms with Crippen LogP contribution in [0.2, 0.25) is 0 Å². The first-order valence-corrected chi connectivity index (χ1v) is 10.3. The van der Waals surface area contributed by atoms with Gasteiger partial charge in [0.2, 0.25) is 0 Å². The molecule has 0 bridgehead atoms. The van der Waals surface area contributed by atoms with Crippen LogP contribution in [0.1, 0.15) is 11.1 Å². The number of para-hydroxylation sites is 1. The van der Waals surface area contributed by atoms with E-state index in [0.717, 1.165) is 16.8 Å². The van der Waals surface area contributed by atoms with Crippen molar-refractivity contribution in [3.8, 4) is 5.75 Å². The Morgan fingerprint density at radius 2 is 1.62 bits per heavy atom. The predicted octanol–water partition coefficient (Wildman–Crippen LogP) is 5.61. The van der Waals surface area contributed by atoms with Crippen LogP contribution >= 0.6 is 12.2 Å². The minimum absolute atomic E-state index is 0.311. The fourth-order valence-electron chi connectivity index (χ4n) is 2.64. The monoisotopic (exact) mass is 483 g/mol. The zero-order chi connectivity index (χ0) is 24.4. The number of hydrogen-bond donors (Lipinski definition) is 3. The highest BCUT2D eigenvalue weighted by Crippen LogP contribution is 2.24. The van der Waals surface area contributed by atoms with Crippen molar-refractivity contribution in [2.24, 2.45) is 15.8 Å². The third kappa shape index (κ3) is 8.40. The number of allylic oxidation sites excluding steroid dienone is 1. The molecule has 3 aromatic rings. The number of halogens is 3. The third-order valence-electron chi connectivity index (χ3n) is 4.20. The number of benzene rings is 3. The smallest absolute Gasteiger partial charge is 0.406 e. The van der Waals surface area contributed by atoms with Crippen LogP contribution in [-0.2, 0) is 0 Å². The second-order valence-electron chi connectivity index (χ2n) is 6.75. The van der Waals surface area contributed by atoms with E-state index in [0.29, 0.717) is 16.5 Å². The highest BCUT2D eigenvalue weighted by Gasteiger charge is 2.30. The van der Waals surface area contributed by atoms with Gasteiger partial charge in [-0.3, -0.25) is 10.4 Å². The Hall–Kier alpha value is -4.18. The fourth-order valence-corrected chi connectivity index (χ4v) is 2.81. The van der Waals surface area contributed by atoms with Crippen LogP contribution in [0.25, 0.3) is 5.70 Å². The molecule has 0 aromatic heterocycles. The standard InChI is InChI=1S/C24H20F3N5OS/c25-24(26,27)33-21-12-10-19(11-13-21)29-15-14-22(28)18-8-6-17(7-9-18)16-30-32-23(34)31-20-4-2-1-3-5-20/h1-16H,28H2,(H2,31,32,34)/b22-14?,29-15?,30-16+. The fraction of sp³-hybridized carbons (Fsp3) is 0.0417. The molecule has 0 aliphatic carbocycles. The van der Waals surface area contributed by atoms with Crippen molar-refractivity contribution >= 4 is 46.8 Å². The van der Waals surface area contributed by atoms with Gasteiger partial charge in [0, 0.05) is 17.6 Å². The number of aliphatic imine (C=N–C) groups is 1. The van der Waals surface area contributed by atoms with Crippen molar-refractivity contribution < 1.29 is 17.9 Å². The van der Waals surface area contributed by atoms with E-state index in [-0.39, 0.29) is 5.75 Å². The Labute approximate surface area is 199 Å². The van der Waals surface area contributed by atoms with Gasteiger partial charge in [0.05, 0.1) is 11.9 Å². The molecule has 0 radical (unpaired) electrons. The summed E-state index contributed by atoms with van der Waals surface area (Å²) < 4.78 is 40.4. The molecule has 4 N–H and O–H groups in total. The zero-order valence-corrected chi connectivity index (χ0v) is 18.5. The van der Waals surface area contributed by atoms with Gasteiger partial charge in [-0.1, -0.05) is 42.5 Å². The van der Waals surface area contributed by atoms with Crippen molar-refractivity contribution in [2.45, 2.75) is 6.36 Å². The number of nitrogens with two attached hydrogens (primary N) is 1. The summed E-state index contributed by atoms with van der Waals surface area (Å²) in [4.78, 5) is 4.15. The molecule has 0 fully saturated rings. The van der Waals surface area contributed by atoms with Crippen molar-refractivity contribution in [1.29, 1.82) is 0 Å². The van der Waals surface area contributed by atoms with Gasteiger partial charge in [-0.05, 0) is 65.8 Å². The number of hydrogen-bond acceptors (Lipinski definition) is 5. The summed E-state index contributed by atoms with van der Waals surface area (Å²) in [6.45, 7) is 0. The minimum atomic E-state index is -4.73. The molecule has 0 saturated carbocycles. The van der Waals surface area contributed by atoms with E-state index in [1.165, 1.54) is 30.5 Å². The summed E-state index contributed by atoms with van der Waals surface area (Å²) in [6.07, 6.45) is -0.0458. The minimum Gasteiger partial charge on any atom is -0.406 e. The summed E-state index contributed by atoms with van der Waals surface area (Å²) >= 11 is 5.19. The highest BCUT2D eigenvalue weighted by molar-refractivity contribution is 7.80. The van der Waals surface area contributed by atoms with E-state index in [4.69, 9.17) is 18.0 Å². The molecule has 0 spiro atoms. The summed E-state index contributed by atoms with van der Waals surface area (Å²) in [5, 5.41) is 7.49. The number of alkyl halides is 3. The summed E-state index contributed by atoms with van der Waals surface area (Å²) in [5.74, 6) is -0.311. The lowest BCUT2D eigenvalue weighted by atomic mass is 10.1. The molecule has 0 atom stereocenters. The molecule has 3 rings (SSSR count). The number of rotatable bonds is 7. The van der Waals surface area contributed by atoms with E-state index in [2.05, 4.69) is 25.6 Å². The number of nitrogens with zero attached hydrogens (tertiary/aromatic N) is 2. The van der Waals surface area contributed by atoms with Crippen molar-refractivity contribution in [3.63, 3.8) is 0 Å². The van der Waals surface area contributed by atoms with Gasteiger partial charge in [-0.2, -0.15) is 5.10 Å². The van der Waals surface area contributed by atoms with Crippen molar-refractivity contribution in [3.05, 3.63) is 96.1 Å². The number of thiocarbonyl (C=S) groups is 1. The van der Waals surface area contributed by atoms with Crippen LogP contribution in [-0.4, -0.2) is 23.9 Å². The first-order chi connectivity index (χ1) is 16.3. The van der Waals surface area contributed by atoms with Gasteiger partial charge in [0.25, 0.3) is 0 Å². The van der Waals surface area contributed by atoms with Gasteiger partial charge in [-0.15, -0.1) is 13.2 Å². The second kappa shape index (κ2) is 11.6. The average molecular weight is 484 g/mol. The molecule has 0 aliphatic heterocycles. The summed E-state index contributed by atoms with van der Waals surface area (Å²) in [6, 6.07) is 22.0. The molecule has 34 heavy (non-hydrogen) atoms. The van der Waals surface area contributed by atoms with E-state index >= 15 is 0 Å². The molecule has 0 saturated heterocycles. The Morgan fingerprint density at radius 1 is 0.941 bits per heavy atom.